The Bertz CT molecular complexity index is 578. The van der Waals surface area contributed by atoms with E-state index in [1.54, 1.807) is 6.92 Å². The number of carboxylic acids is 1. The third-order valence-corrected chi connectivity index (χ3v) is 5.71. The number of carbonyl (C=O) groups excluding carboxylic acids is 1. The summed E-state index contributed by atoms with van der Waals surface area (Å²) in [5.74, 6) is -1.77. The molecule has 0 unspecified atom stereocenters. The van der Waals surface area contributed by atoms with E-state index in [0.29, 0.717) is 4.88 Å². The summed E-state index contributed by atoms with van der Waals surface area (Å²) in [5, 5.41) is 8.64. The molecule has 7 nitrogen and oxygen atoms in total. The smallest absolute Gasteiger partial charge is 0.308 e. The number of nitrogens with zero attached hydrogens (tertiary/aromatic N) is 1. The zero-order valence-electron chi connectivity index (χ0n) is 10.2. The van der Waals surface area contributed by atoms with Crippen molar-refractivity contribution in [3.63, 3.8) is 0 Å². The third-order valence-electron chi connectivity index (χ3n) is 2.24. The Labute approximate surface area is 114 Å². The summed E-state index contributed by atoms with van der Waals surface area (Å²) < 4.78 is 25.3. The second-order valence-corrected chi connectivity index (χ2v) is 7.02. The number of thiophene rings is 1. The molecule has 0 aliphatic rings. The van der Waals surface area contributed by atoms with Gasteiger partial charge in [-0.25, -0.2) is 8.42 Å². The Morgan fingerprint density at radius 1 is 1.42 bits per heavy atom. The van der Waals surface area contributed by atoms with Crippen LogP contribution in [0.4, 0.5) is 0 Å². The third kappa shape index (κ3) is 4.01. The highest BCUT2D eigenvalue weighted by atomic mass is 32.2. The molecule has 1 heterocycles. The average molecular weight is 306 g/mol. The van der Waals surface area contributed by atoms with Crippen molar-refractivity contribution in [1.29, 1.82) is 0 Å². The molecule has 0 bridgehead atoms. The van der Waals surface area contributed by atoms with Crippen molar-refractivity contribution in [2.45, 2.75) is 17.6 Å². The van der Waals surface area contributed by atoms with Crippen molar-refractivity contribution < 1.29 is 23.1 Å². The van der Waals surface area contributed by atoms with Gasteiger partial charge in [0.1, 0.15) is 4.21 Å². The number of aliphatic carboxylic acids is 1. The molecule has 0 radical (unpaired) electrons. The molecule has 0 saturated carbocycles. The molecule has 19 heavy (non-hydrogen) atoms. The second kappa shape index (κ2) is 6.13. The molecule has 1 aromatic rings. The fraction of sp³-hybridized carbons (Fsp3) is 0.400. The van der Waals surface area contributed by atoms with E-state index >= 15 is 0 Å². The van der Waals surface area contributed by atoms with Crippen LogP contribution in [0.5, 0.6) is 0 Å². The van der Waals surface area contributed by atoms with Gasteiger partial charge in [0.25, 0.3) is 10.0 Å². The Morgan fingerprint density at radius 3 is 2.53 bits per heavy atom. The van der Waals surface area contributed by atoms with E-state index in [9.17, 15) is 18.0 Å². The van der Waals surface area contributed by atoms with Crippen molar-refractivity contribution in [1.82, 2.24) is 4.31 Å². The van der Waals surface area contributed by atoms with Crippen molar-refractivity contribution in [3.05, 3.63) is 17.0 Å². The van der Waals surface area contributed by atoms with Crippen LogP contribution in [0.25, 0.3) is 0 Å². The van der Waals surface area contributed by atoms with Crippen molar-refractivity contribution in [2.75, 3.05) is 13.1 Å². The monoisotopic (exact) mass is 306 g/mol. The van der Waals surface area contributed by atoms with Crippen LogP contribution in [0.2, 0.25) is 0 Å². The quantitative estimate of drug-likeness (QED) is 0.727. The van der Waals surface area contributed by atoms with E-state index in [-0.39, 0.29) is 17.2 Å². The minimum Gasteiger partial charge on any atom is -0.481 e. The van der Waals surface area contributed by atoms with Gasteiger partial charge in [-0.3, -0.25) is 9.59 Å². The number of primary amides is 1. The van der Waals surface area contributed by atoms with Crippen LogP contribution in [0, 0.1) is 0 Å². The van der Waals surface area contributed by atoms with E-state index in [1.807, 2.05) is 0 Å². The van der Waals surface area contributed by atoms with Crippen LogP contribution in [0.3, 0.4) is 0 Å². The van der Waals surface area contributed by atoms with Gasteiger partial charge < -0.3 is 10.8 Å². The normalized spacial score (nSPS) is 11.7. The molecule has 0 aliphatic carbocycles. The van der Waals surface area contributed by atoms with E-state index < -0.39 is 28.4 Å². The van der Waals surface area contributed by atoms with Gasteiger partial charge in [-0.15, -0.1) is 11.3 Å². The van der Waals surface area contributed by atoms with Gasteiger partial charge in [-0.05, 0) is 12.1 Å². The van der Waals surface area contributed by atoms with E-state index in [4.69, 9.17) is 10.8 Å². The first kappa shape index (κ1) is 15.6. The molecule has 1 amide bonds. The number of hydrogen-bond donors (Lipinski definition) is 2. The number of rotatable bonds is 7. The molecule has 0 spiro atoms. The summed E-state index contributed by atoms with van der Waals surface area (Å²) in [5.41, 5.74) is 5.00. The van der Waals surface area contributed by atoms with Crippen LogP contribution >= 0.6 is 11.3 Å². The Balaban J connectivity index is 3.01. The molecular formula is C10H14N2O5S2. The SMILES string of the molecule is CCN(CC(N)=O)S(=O)(=O)c1ccc(CC(=O)O)s1. The molecule has 1 aromatic heterocycles. The Kier molecular flexibility index (Phi) is 5.04. The number of sulfonamides is 1. The number of likely N-dealkylation sites (N-methyl/N-ethyl adjacent to an activating group) is 1. The molecule has 0 aliphatic heterocycles. The van der Waals surface area contributed by atoms with Gasteiger partial charge in [0.2, 0.25) is 5.91 Å². The molecule has 3 N–H and O–H groups in total. The molecular weight excluding hydrogens is 292 g/mol. The summed E-state index contributed by atoms with van der Waals surface area (Å²) in [4.78, 5) is 21.8. The van der Waals surface area contributed by atoms with Crippen LogP contribution in [-0.4, -0.2) is 42.8 Å². The van der Waals surface area contributed by atoms with E-state index in [2.05, 4.69) is 0 Å². The highest BCUT2D eigenvalue weighted by molar-refractivity contribution is 7.91. The molecule has 0 aromatic carbocycles. The minimum atomic E-state index is -3.80. The Morgan fingerprint density at radius 2 is 2.05 bits per heavy atom. The zero-order chi connectivity index (χ0) is 14.6. The minimum absolute atomic E-state index is 0.00634. The summed E-state index contributed by atoms with van der Waals surface area (Å²) in [6.45, 7) is 1.30. The zero-order valence-corrected chi connectivity index (χ0v) is 11.8. The van der Waals surface area contributed by atoms with Gasteiger partial charge in [-0.2, -0.15) is 4.31 Å². The largest absolute Gasteiger partial charge is 0.481 e. The molecule has 1 rings (SSSR count). The molecule has 0 fully saturated rings. The topological polar surface area (TPSA) is 118 Å². The number of amides is 1. The standard InChI is InChI=1S/C10H14N2O5S2/c1-2-12(6-8(11)13)19(16,17)10-4-3-7(18-10)5-9(14)15/h3-4H,2,5-6H2,1H3,(H2,11,13)(H,14,15). The van der Waals surface area contributed by atoms with Crippen LogP contribution in [0.15, 0.2) is 16.3 Å². The van der Waals surface area contributed by atoms with Gasteiger partial charge in [-0.1, -0.05) is 6.92 Å². The molecule has 0 saturated heterocycles. The lowest BCUT2D eigenvalue weighted by Crippen LogP contribution is -2.37. The first-order chi connectivity index (χ1) is 8.77. The Hall–Kier alpha value is -1.45. The lowest BCUT2D eigenvalue weighted by Gasteiger charge is -2.17. The van der Waals surface area contributed by atoms with Gasteiger partial charge in [0.05, 0.1) is 13.0 Å². The molecule has 106 valence electrons. The second-order valence-electron chi connectivity index (χ2n) is 3.69. The first-order valence-corrected chi connectivity index (χ1v) is 7.62. The predicted octanol–water partition coefficient (Wildman–Crippen LogP) is -0.129. The van der Waals surface area contributed by atoms with Crippen LogP contribution < -0.4 is 5.73 Å². The number of carbonyl (C=O) groups is 2. The maximum Gasteiger partial charge on any atom is 0.308 e. The highest BCUT2D eigenvalue weighted by Gasteiger charge is 2.26. The lowest BCUT2D eigenvalue weighted by atomic mass is 10.3. The van der Waals surface area contributed by atoms with Crippen molar-refractivity contribution >= 4 is 33.2 Å². The number of nitrogens with two attached hydrogens (primary N) is 1. The van der Waals surface area contributed by atoms with Gasteiger partial charge >= 0.3 is 5.97 Å². The summed E-state index contributed by atoms with van der Waals surface area (Å²) in [6.07, 6.45) is -0.234. The van der Waals surface area contributed by atoms with Gasteiger partial charge in [0, 0.05) is 11.4 Å². The average Bonchev–Trinajstić information content (AvgIpc) is 2.73. The molecule has 9 heteroatoms. The van der Waals surface area contributed by atoms with Gasteiger partial charge in [0.15, 0.2) is 0 Å². The maximum absolute atomic E-state index is 12.2. The van der Waals surface area contributed by atoms with E-state index in [0.717, 1.165) is 15.6 Å². The van der Waals surface area contributed by atoms with Crippen molar-refractivity contribution in [3.8, 4) is 0 Å². The summed E-state index contributed by atoms with van der Waals surface area (Å²) >= 11 is 0.876. The lowest BCUT2D eigenvalue weighted by molar-refractivity contribution is -0.136. The first-order valence-electron chi connectivity index (χ1n) is 5.36. The van der Waals surface area contributed by atoms with Crippen LogP contribution in [-0.2, 0) is 26.0 Å². The number of hydrogen-bond acceptors (Lipinski definition) is 5. The van der Waals surface area contributed by atoms with Crippen molar-refractivity contribution in [2.24, 2.45) is 5.73 Å². The summed E-state index contributed by atoms with van der Waals surface area (Å²) in [6, 6.07) is 2.78. The summed E-state index contributed by atoms with van der Waals surface area (Å²) in [7, 11) is -3.80. The fourth-order valence-corrected chi connectivity index (χ4v) is 4.33. The van der Waals surface area contributed by atoms with E-state index in [1.165, 1.54) is 12.1 Å². The maximum atomic E-state index is 12.2. The number of carboxylic acid groups (broad SMARTS) is 1. The van der Waals surface area contributed by atoms with Crippen LogP contribution in [0.1, 0.15) is 11.8 Å². The fourth-order valence-electron chi connectivity index (χ4n) is 1.41. The highest BCUT2D eigenvalue weighted by Crippen LogP contribution is 2.25. The molecule has 0 atom stereocenters. The predicted molar refractivity (Wildman–Crippen MR) is 69.3 cm³/mol.